The largest absolute Gasteiger partial charge is 0.374 e. The summed E-state index contributed by atoms with van der Waals surface area (Å²) in [5.41, 5.74) is 3.09. The van der Waals surface area contributed by atoms with E-state index in [-0.39, 0.29) is 12.7 Å². The molecule has 3 unspecified atom stereocenters. The maximum absolute atomic E-state index is 10.1. The van der Waals surface area contributed by atoms with Gasteiger partial charge in [-0.15, -0.1) is 0 Å². The molecule has 32 heavy (non-hydrogen) atoms. The molecular formula is C27H27NO4. The van der Waals surface area contributed by atoms with Crippen LogP contribution in [0.15, 0.2) is 91.0 Å². The minimum atomic E-state index is -1.48. The molecule has 3 aromatic rings. The zero-order chi connectivity index (χ0) is 22.1. The van der Waals surface area contributed by atoms with E-state index in [9.17, 15) is 5.26 Å². The van der Waals surface area contributed by atoms with E-state index in [1.165, 1.54) is 0 Å². The number of benzene rings is 3. The van der Waals surface area contributed by atoms with Gasteiger partial charge >= 0.3 is 0 Å². The Balaban J connectivity index is 1.41. The average molecular weight is 430 g/mol. The Bertz CT molecular complexity index is 990. The van der Waals surface area contributed by atoms with Crippen LogP contribution in [0.5, 0.6) is 0 Å². The SMILES string of the molecule is N#CC1(OCc2ccccc2)OC(COCc2ccccc2)CC1OCc1ccccc1. The van der Waals surface area contributed by atoms with Gasteiger partial charge in [0.05, 0.1) is 32.5 Å². The van der Waals surface area contributed by atoms with Gasteiger partial charge in [0.2, 0.25) is 0 Å². The Labute approximate surface area is 189 Å². The minimum Gasteiger partial charge on any atom is -0.374 e. The summed E-state index contributed by atoms with van der Waals surface area (Å²) in [4.78, 5) is 0. The second kappa shape index (κ2) is 11.0. The van der Waals surface area contributed by atoms with Crippen LogP contribution in [0.2, 0.25) is 0 Å². The highest BCUT2D eigenvalue weighted by Crippen LogP contribution is 2.35. The Hall–Kier alpha value is -3.01. The summed E-state index contributed by atoms with van der Waals surface area (Å²) in [6.45, 7) is 1.49. The fraction of sp³-hybridized carbons (Fsp3) is 0.296. The van der Waals surface area contributed by atoms with E-state index in [1.807, 2.05) is 91.0 Å². The van der Waals surface area contributed by atoms with Crippen molar-refractivity contribution in [2.24, 2.45) is 0 Å². The van der Waals surface area contributed by atoms with Crippen LogP contribution in [-0.2, 0) is 38.8 Å². The van der Waals surface area contributed by atoms with Gasteiger partial charge in [-0.25, -0.2) is 0 Å². The van der Waals surface area contributed by atoms with E-state index in [1.54, 1.807) is 0 Å². The smallest absolute Gasteiger partial charge is 0.287 e. The summed E-state index contributed by atoms with van der Waals surface area (Å²) >= 11 is 0. The monoisotopic (exact) mass is 429 g/mol. The Morgan fingerprint density at radius 1 is 0.781 bits per heavy atom. The predicted molar refractivity (Wildman–Crippen MR) is 120 cm³/mol. The lowest BCUT2D eigenvalue weighted by molar-refractivity contribution is -0.240. The van der Waals surface area contributed by atoms with Gasteiger partial charge in [-0.2, -0.15) is 5.26 Å². The van der Waals surface area contributed by atoms with Crippen molar-refractivity contribution >= 4 is 0 Å². The zero-order valence-electron chi connectivity index (χ0n) is 17.9. The third-order valence-electron chi connectivity index (χ3n) is 5.40. The van der Waals surface area contributed by atoms with Crippen LogP contribution in [0.4, 0.5) is 0 Å². The Kier molecular flexibility index (Phi) is 7.65. The third-order valence-corrected chi connectivity index (χ3v) is 5.40. The molecule has 5 heteroatoms. The highest BCUT2D eigenvalue weighted by atomic mass is 16.7. The van der Waals surface area contributed by atoms with Crippen LogP contribution < -0.4 is 0 Å². The van der Waals surface area contributed by atoms with E-state index in [2.05, 4.69) is 6.07 Å². The first-order valence-electron chi connectivity index (χ1n) is 10.8. The molecule has 1 aliphatic heterocycles. The fourth-order valence-corrected chi connectivity index (χ4v) is 3.72. The molecule has 1 saturated heterocycles. The lowest BCUT2D eigenvalue weighted by atomic mass is 10.1. The molecule has 4 rings (SSSR count). The number of hydrogen-bond donors (Lipinski definition) is 0. The van der Waals surface area contributed by atoms with Gasteiger partial charge in [0.15, 0.2) is 0 Å². The van der Waals surface area contributed by atoms with Gasteiger partial charge in [-0.3, -0.25) is 0 Å². The molecular weight excluding hydrogens is 402 g/mol. The van der Waals surface area contributed by atoms with E-state index in [4.69, 9.17) is 18.9 Å². The van der Waals surface area contributed by atoms with Crippen LogP contribution in [0.25, 0.3) is 0 Å². The van der Waals surface area contributed by atoms with Crippen molar-refractivity contribution in [1.29, 1.82) is 5.26 Å². The summed E-state index contributed by atoms with van der Waals surface area (Å²) in [5, 5.41) is 10.1. The molecule has 0 spiro atoms. The number of hydrogen-bond acceptors (Lipinski definition) is 5. The molecule has 5 nitrogen and oxygen atoms in total. The first-order chi connectivity index (χ1) is 15.8. The molecule has 1 heterocycles. The van der Waals surface area contributed by atoms with Gasteiger partial charge in [-0.1, -0.05) is 91.0 Å². The van der Waals surface area contributed by atoms with Crippen molar-refractivity contribution < 1.29 is 18.9 Å². The van der Waals surface area contributed by atoms with Crippen molar-refractivity contribution in [1.82, 2.24) is 0 Å². The lowest BCUT2D eigenvalue weighted by Crippen LogP contribution is -2.42. The standard InChI is InChI=1S/C27H27NO4/c28-21-27(31-19-24-14-8-3-9-15-24)26(30-18-23-12-6-2-7-13-23)16-25(32-27)20-29-17-22-10-4-1-5-11-22/h1-15,25-26H,16-20H2. The van der Waals surface area contributed by atoms with E-state index < -0.39 is 11.9 Å². The molecule has 3 atom stereocenters. The van der Waals surface area contributed by atoms with Gasteiger partial charge in [0, 0.05) is 6.42 Å². The van der Waals surface area contributed by atoms with Crippen molar-refractivity contribution in [3.63, 3.8) is 0 Å². The number of rotatable bonds is 10. The quantitative estimate of drug-likeness (QED) is 0.453. The molecule has 0 aromatic heterocycles. The number of nitriles is 1. The first-order valence-corrected chi connectivity index (χ1v) is 10.8. The van der Waals surface area contributed by atoms with Crippen LogP contribution in [0, 0.1) is 11.3 Å². The molecule has 0 amide bonds. The van der Waals surface area contributed by atoms with Gasteiger partial charge in [-0.05, 0) is 16.7 Å². The van der Waals surface area contributed by atoms with E-state index in [0.717, 1.165) is 16.7 Å². The van der Waals surface area contributed by atoms with E-state index in [0.29, 0.717) is 26.2 Å². The molecule has 164 valence electrons. The maximum atomic E-state index is 10.1. The average Bonchev–Trinajstić information content (AvgIpc) is 3.21. The van der Waals surface area contributed by atoms with Gasteiger partial charge in [0.1, 0.15) is 12.2 Å². The highest BCUT2D eigenvalue weighted by molar-refractivity contribution is 5.16. The minimum absolute atomic E-state index is 0.261. The second-order valence-corrected chi connectivity index (χ2v) is 7.82. The Morgan fingerprint density at radius 2 is 1.31 bits per heavy atom. The summed E-state index contributed by atoms with van der Waals surface area (Å²) in [6.07, 6.45) is -0.305. The van der Waals surface area contributed by atoms with Crippen molar-refractivity contribution in [2.75, 3.05) is 6.61 Å². The van der Waals surface area contributed by atoms with Crippen LogP contribution in [-0.4, -0.2) is 24.6 Å². The third kappa shape index (κ3) is 5.82. The molecule has 0 aliphatic carbocycles. The molecule has 0 bridgehead atoms. The highest BCUT2D eigenvalue weighted by Gasteiger charge is 2.52. The summed E-state index contributed by atoms with van der Waals surface area (Å²) in [7, 11) is 0. The first kappa shape index (κ1) is 22.2. The fourth-order valence-electron chi connectivity index (χ4n) is 3.72. The van der Waals surface area contributed by atoms with Gasteiger partial charge < -0.3 is 18.9 Å². The molecule has 3 aromatic carbocycles. The van der Waals surface area contributed by atoms with Crippen molar-refractivity contribution in [3.05, 3.63) is 108 Å². The predicted octanol–water partition coefficient (Wildman–Crippen LogP) is 5.01. The van der Waals surface area contributed by atoms with Gasteiger partial charge in [0.25, 0.3) is 5.79 Å². The topological polar surface area (TPSA) is 60.7 Å². The molecule has 0 radical (unpaired) electrons. The van der Waals surface area contributed by atoms with Crippen LogP contribution >= 0.6 is 0 Å². The molecule has 1 fully saturated rings. The number of nitrogens with zero attached hydrogens (tertiary/aromatic N) is 1. The summed E-state index contributed by atoms with van der Waals surface area (Å²) in [6, 6.07) is 31.9. The molecule has 0 saturated carbocycles. The lowest BCUT2D eigenvalue weighted by Gasteiger charge is -2.27. The van der Waals surface area contributed by atoms with E-state index >= 15 is 0 Å². The number of ether oxygens (including phenoxy) is 4. The summed E-state index contributed by atoms with van der Waals surface area (Å²) < 4.78 is 24.2. The van der Waals surface area contributed by atoms with Crippen molar-refractivity contribution in [2.45, 2.75) is 44.2 Å². The molecule has 1 aliphatic rings. The van der Waals surface area contributed by atoms with Crippen molar-refractivity contribution in [3.8, 4) is 6.07 Å². The van der Waals surface area contributed by atoms with Crippen LogP contribution in [0.1, 0.15) is 23.1 Å². The maximum Gasteiger partial charge on any atom is 0.287 e. The second-order valence-electron chi connectivity index (χ2n) is 7.82. The zero-order valence-corrected chi connectivity index (χ0v) is 17.9. The molecule has 0 N–H and O–H groups in total. The normalized spacial score (nSPS) is 22.5. The van der Waals surface area contributed by atoms with Crippen LogP contribution in [0.3, 0.4) is 0 Å². The summed E-state index contributed by atoms with van der Waals surface area (Å²) in [5.74, 6) is -1.48. The Morgan fingerprint density at radius 3 is 1.88 bits per heavy atom.